The minimum absolute atomic E-state index is 0.244. The molecule has 10 nitrogen and oxygen atoms in total. The second-order valence-electron chi connectivity index (χ2n) is 11.7. The number of pyridine rings is 1. The van der Waals surface area contributed by atoms with E-state index in [0.29, 0.717) is 55.1 Å². The highest BCUT2D eigenvalue weighted by molar-refractivity contribution is 6.01. The number of fused-ring (bicyclic) bond motifs is 1. The molecule has 11 heteroatoms. The lowest BCUT2D eigenvalue weighted by molar-refractivity contribution is -0.0712. The summed E-state index contributed by atoms with van der Waals surface area (Å²) in [5.74, 6) is 1.05. The lowest BCUT2D eigenvalue weighted by atomic mass is 9.89. The molecule has 2 unspecified atom stereocenters. The summed E-state index contributed by atoms with van der Waals surface area (Å²) in [6.07, 6.45) is 3.55. The van der Waals surface area contributed by atoms with Crippen LogP contribution in [0, 0.1) is 5.82 Å². The highest BCUT2D eigenvalue weighted by Gasteiger charge is 2.41. The predicted molar refractivity (Wildman–Crippen MR) is 154 cm³/mol. The smallest absolute Gasteiger partial charge is 0.410 e. The number of carbonyl (C=O) groups excluding carboxylic acids is 1. The number of amidine groups is 1. The average molecular weight is 566 g/mol. The number of hydrogen-bond donors (Lipinski definition) is 2. The molecule has 1 fully saturated rings. The van der Waals surface area contributed by atoms with E-state index in [0.717, 1.165) is 18.4 Å². The monoisotopic (exact) mass is 565 g/mol. The Bertz CT molecular complexity index is 1320. The number of aromatic nitrogens is 1. The zero-order valence-electron chi connectivity index (χ0n) is 24.4. The predicted octanol–water partition coefficient (Wildman–Crippen LogP) is 3.91. The van der Waals surface area contributed by atoms with Gasteiger partial charge in [-0.3, -0.25) is 4.98 Å². The number of rotatable bonds is 6. The van der Waals surface area contributed by atoms with Gasteiger partial charge in [-0.25, -0.2) is 19.5 Å². The number of hydrogen-bond acceptors (Lipinski definition) is 9. The Morgan fingerprint density at radius 2 is 1.88 bits per heavy atom. The fourth-order valence-corrected chi connectivity index (χ4v) is 5.49. The van der Waals surface area contributed by atoms with Crippen LogP contribution in [0.25, 0.3) is 0 Å². The van der Waals surface area contributed by atoms with E-state index in [-0.39, 0.29) is 12.3 Å². The summed E-state index contributed by atoms with van der Waals surface area (Å²) < 4.78 is 25.6. The van der Waals surface area contributed by atoms with Gasteiger partial charge >= 0.3 is 6.09 Å². The molecule has 5 rings (SSSR count). The first-order chi connectivity index (χ1) is 19.5. The van der Waals surface area contributed by atoms with Gasteiger partial charge in [0.25, 0.3) is 0 Å². The van der Waals surface area contributed by atoms with Gasteiger partial charge in [0.2, 0.25) is 0 Å². The fourth-order valence-electron chi connectivity index (χ4n) is 5.49. The Morgan fingerprint density at radius 1 is 1.17 bits per heavy atom. The minimum Gasteiger partial charge on any atom is -0.444 e. The molecule has 3 N–H and O–H groups in total. The normalized spacial score (nSPS) is 21.7. The van der Waals surface area contributed by atoms with E-state index in [1.165, 1.54) is 17.8 Å². The van der Waals surface area contributed by atoms with Gasteiger partial charge < -0.3 is 29.9 Å². The average Bonchev–Trinajstić information content (AvgIpc) is 3.29. The number of amides is 1. The lowest BCUT2D eigenvalue weighted by Crippen LogP contribution is -2.59. The van der Waals surface area contributed by atoms with Gasteiger partial charge in [0.1, 0.15) is 34.9 Å². The quantitative estimate of drug-likeness (QED) is 0.543. The Kier molecular flexibility index (Phi) is 8.19. The van der Waals surface area contributed by atoms with E-state index in [1.807, 2.05) is 39.6 Å². The number of nitrogens with one attached hydrogen (secondary N) is 1. The maximum absolute atomic E-state index is 14.2. The molecular formula is C30H40FN7O3. The minimum atomic E-state index is -0.496. The Hall–Kier alpha value is -3.70. The van der Waals surface area contributed by atoms with Crippen LogP contribution in [-0.4, -0.2) is 76.5 Å². The summed E-state index contributed by atoms with van der Waals surface area (Å²) in [5.41, 5.74) is 9.57. The molecule has 1 aromatic heterocycles. The van der Waals surface area contributed by atoms with Gasteiger partial charge in [-0.2, -0.15) is 0 Å². The van der Waals surface area contributed by atoms with Crippen LogP contribution in [0.2, 0.25) is 0 Å². The van der Waals surface area contributed by atoms with Crippen LogP contribution in [0.5, 0.6) is 0 Å². The highest BCUT2D eigenvalue weighted by atomic mass is 19.1. The van der Waals surface area contributed by atoms with Gasteiger partial charge in [-0.1, -0.05) is 24.3 Å². The van der Waals surface area contributed by atoms with Crippen molar-refractivity contribution in [2.24, 2.45) is 10.7 Å². The van der Waals surface area contributed by atoms with E-state index >= 15 is 0 Å². The van der Waals surface area contributed by atoms with E-state index in [4.69, 9.17) is 20.2 Å². The van der Waals surface area contributed by atoms with E-state index < -0.39 is 17.8 Å². The van der Waals surface area contributed by atoms with Crippen molar-refractivity contribution in [2.75, 3.05) is 26.7 Å². The molecule has 41 heavy (non-hydrogen) atoms. The summed E-state index contributed by atoms with van der Waals surface area (Å²) in [6.45, 7) is 9.97. The van der Waals surface area contributed by atoms with E-state index in [9.17, 15) is 9.18 Å². The molecule has 1 aromatic carbocycles. The summed E-state index contributed by atoms with van der Waals surface area (Å²) in [4.78, 5) is 27.0. The summed E-state index contributed by atoms with van der Waals surface area (Å²) in [5, 5.41) is 3.49. The van der Waals surface area contributed by atoms with Gasteiger partial charge in [0, 0.05) is 45.0 Å². The molecule has 0 radical (unpaired) electrons. The SMILES string of the molecule is CCOC1NC2C(=C(N)N1C)N=C(c1cncc(F)c1)N2Cc1ccc(C2CCN(C(=O)OC(C)(C)C)CC2)cc1. The maximum Gasteiger partial charge on any atom is 0.410 e. The summed E-state index contributed by atoms with van der Waals surface area (Å²) >= 11 is 0. The number of carbonyl (C=O) groups is 1. The number of nitrogens with zero attached hydrogens (tertiary/aromatic N) is 5. The van der Waals surface area contributed by atoms with Crippen molar-refractivity contribution in [3.05, 3.63) is 76.8 Å². The molecule has 2 atom stereocenters. The molecule has 1 amide bonds. The number of likely N-dealkylation sites (tertiary alicyclic amines) is 1. The van der Waals surface area contributed by atoms with Gasteiger partial charge in [0.05, 0.1) is 6.20 Å². The second kappa shape index (κ2) is 11.7. The maximum atomic E-state index is 14.2. The van der Waals surface area contributed by atoms with E-state index in [1.54, 1.807) is 11.1 Å². The van der Waals surface area contributed by atoms with Crippen molar-refractivity contribution in [1.82, 2.24) is 25.0 Å². The molecule has 0 aliphatic carbocycles. The van der Waals surface area contributed by atoms with Crippen molar-refractivity contribution in [3.63, 3.8) is 0 Å². The summed E-state index contributed by atoms with van der Waals surface area (Å²) in [6, 6.07) is 10.0. The highest BCUT2D eigenvalue weighted by Crippen LogP contribution is 2.33. The van der Waals surface area contributed by atoms with Crippen molar-refractivity contribution in [1.29, 1.82) is 0 Å². The molecule has 0 bridgehead atoms. The zero-order valence-corrected chi connectivity index (χ0v) is 24.4. The third-order valence-electron chi connectivity index (χ3n) is 7.60. The van der Waals surface area contributed by atoms with Crippen molar-refractivity contribution < 1.29 is 18.7 Å². The molecule has 3 aliphatic heterocycles. The molecule has 1 saturated heterocycles. The third kappa shape index (κ3) is 6.31. The largest absolute Gasteiger partial charge is 0.444 e. The molecule has 3 aliphatic rings. The van der Waals surface area contributed by atoms with Crippen molar-refractivity contribution in [3.8, 4) is 0 Å². The van der Waals surface area contributed by atoms with Crippen LogP contribution in [0.3, 0.4) is 0 Å². The molecule has 2 aromatic rings. The number of halogens is 1. The first-order valence-corrected chi connectivity index (χ1v) is 14.2. The number of piperidine rings is 1. The van der Waals surface area contributed by atoms with Crippen LogP contribution in [0.4, 0.5) is 9.18 Å². The van der Waals surface area contributed by atoms with Gasteiger partial charge in [0.15, 0.2) is 6.35 Å². The number of aliphatic imine (C=N–C) groups is 1. The first kappa shape index (κ1) is 28.8. The molecule has 0 spiro atoms. The van der Waals surface area contributed by atoms with Crippen LogP contribution in [0.1, 0.15) is 63.1 Å². The Labute approximate surface area is 241 Å². The van der Waals surface area contributed by atoms with E-state index in [2.05, 4.69) is 39.5 Å². The standard InChI is InChI=1S/C30H40FN7O3/c1-6-40-28-35-27-24(25(32)36(28)5)34-26(22-15-23(31)17-33-16-22)38(27)18-19-7-9-20(10-8-19)21-11-13-37(14-12-21)29(39)41-30(2,3)4/h7-10,15-17,21,27-28,35H,6,11-14,18,32H2,1-5H3. The Balaban J connectivity index is 1.32. The molecule has 4 heterocycles. The van der Waals surface area contributed by atoms with Gasteiger partial charge in [-0.15, -0.1) is 0 Å². The second-order valence-corrected chi connectivity index (χ2v) is 11.7. The molecule has 220 valence electrons. The molecule has 0 saturated carbocycles. The fraction of sp³-hybridized carbons (Fsp3) is 0.500. The third-order valence-corrected chi connectivity index (χ3v) is 7.60. The summed E-state index contributed by atoms with van der Waals surface area (Å²) in [7, 11) is 1.85. The zero-order chi connectivity index (χ0) is 29.3. The van der Waals surface area contributed by atoms with Crippen LogP contribution >= 0.6 is 0 Å². The van der Waals surface area contributed by atoms with Crippen LogP contribution in [0.15, 0.2) is 59.2 Å². The number of nitrogens with two attached hydrogens (primary N) is 1. The number of benzene rings is 1. The van der Waals surface area contributed by atoms with Crippen molar-refractivity contribution >= 4 is 11.9 Å². The number of ether oxygens (including phenoxy) is 2. The van der Waals surface area contributed by atoms with Gasteiger partial charge in [-0.05, 0) is 63.6 Å². The van der Waals surface area contributed by atoms with Crippen LogP contribution < -0.4 is 11.1 Å². The first-order valence-electron chi connectivity index (χ1n) is 14.2. The molecular weight excluding hydrogens is 525 g/mol. The van der Waals surface area contributed by atoms with Crippen molar-refractivity contribution in [2.45, 2.75) is 71.1 Å². The van der Waals surface area contributed by atoms with Crippen LogP contribution in [-0.2, 0) is 16.0 Å². The lowest BCUT2D eigenvalue weighted by Gasteiger charge is -2.40. The topological polar surface area (TPSA) is 109 Å². The Morgan fingerprint density at radius 3 is 2.51 bits per heavy atom.